The highest BCUT2D eigenvalue weighted by molar-refractivity contribution is 9.10. The minimum absolute atomic E-state index is 0.00921. The highest BCUT2D eigenvalue weighted by Crippen LogP contribution is 2.27. The molecule has 0 amide bonds. The van der Waals surface area contributed by atoms with E-state index in [1.165, 1.54) is 18.3 Å². The molecule has 4 heterocycles. The van der Waals surface area contributed by atoms with Crippen molar-refractivity contribution in [3.8, 4) is 5.88 Å². The van der Waals surface area contributed by atoms with E-state index in [4.69, 9.17) is 26.5 Å². The van der Waals surface area contributed by atoms with Crippen LogP contribution in [0, 0.1) is 6.92 Å². The molecule has 276 valence electrons. The number of benzene rings is 1. The van der Waals surface area contributed by atoms with Gasteiger partial charge in [0, 0.05) is 27.4 Å². The minimum Gasteiger partial charge on any atom is -0.395 e. The average Bonchev–Trinajstić information content (AvgIpc) is 3.09. The van der Waals surface area contributed by atoms with Gasteiger partial charge < -0.3 is 36.9 Å². The Morgan fingerprint density at radius 1 is 0.824 bits per heavy atom. The van der Waals surface area contributed by atoms with Crippen molar-refractivity contribution in [3.05, 3.63) is 63.3 Å². The highest BCUT2D eigenvalue weighted by atomic mass is 79.9. The molecule has 0 aliphatic carbocycles. The van der Waals surface area contributed by atoms with Crippen LogP contribution in [-0.2, 0) is 10.1 Å². The monoisotopic (exact) mass is 850 g/mol. The SMILES string of the molecule is CCCCC(N)CO.CCCC[C@H](CO)Nc1nc(N)nc2cc(Br)cnc12.Cc1ccc(S(=O)(=O)Oc2nc(N)nc3cc(Br)cnc23)cc1. The Morgan fingerprint density at radius 2 is 1.37 bits per heavy atom. The fraction of sp³-hybridized carbons (Fsp3) is 0.394. The second kappa shape index (κ2) is 20.3. The number of nitrogen functional groups attached to an aromatic ring is 2. The summed E-state index contributed by atoms with van der Waals surface area (Å²) in [6.45, 7) is 6.26. The number of aliphatic hydroxyl groups excluding tert-OH is 2. The first kappa shape index (κ1) is 41.6. The molecule has 9 N–H and O–H groups in total. The Bertz CT molecular complexity index is 1960. The summed E-state index contributed by atoms with van der Waals surface area (Å²) in [4.78, 5) is 24.6. The van der Waals surface area contributed by atoms with Gasteiger partial charge in [-0.25, -0.2) is 19.9 Å². The molecule has 1 unspecified atom stereocenters. The van der Waals surface area contributed by atoms with Crippen molar-refractivity contribution in [2.75, 3.05) is 30.0 Å². The molecule has 0 radical (unpaired) electrons. The first-order valence-corrected chi connectivity index (χ1v) is 19.2. The van der Waals surface area contributed by atoms with Crippen molar-refractivity contribution in [2.24, 2.45) is 5.73 Å². The van der Waals surface area contributed by atoms with Gasteiger partial charge in [-0.3, -0.25) is 0 Å². The number of hydrogen-bond donors (Lipinski definition) is 6. The van der Waals surface area contributed by atoms with Gasteiger partial charge in [0.05, 0.1) is 30.3 Å². The van der Waals surface area contributed by atoms with Gasteiger partial charge in [-0.15, -0.1) is 0 Å². The zero-order valence-electron chi connectivity index (χ0n) is 28.6. The van der Waals surface area contributed by atoms with Gasteiger partial charge in [-0.1, -0.05) is 57.2 Å². The second-order valence-electron chi connectivity index (χ2n) is 11.5. The third-order valence-electron chi connectivity index (χ3n) is 7.14. The van der Waals surface area contributed by atoms with E-state index >= 15 is 0 Å². The predicted octanol–water partition coefficient (Wildman–Crippen LogP) is 5.27. The lowest BCUT2D eigenvalue weighted by atomic mass is 10.1. The van der Waals surface area contributed by atoms with Gasteiger partial charge in [0.2, 0.25) is 11.9 Å². The number of rotatable bonds is 13. The Morgan fingerprint density at radius 3 is 1.94 bits per heavy atom. The number of aromatic nitrogens is 6. The van der Waals surface area contributed by atoms with Gasteiger partial charge in [0.1, 0.15) is 10.4 Å². The summed E-state index contributed by atoms with van der Waals surface area (Å²) in [5, 5.41) is 21.1. The standard InChI is InChI=1S/C14H11BrN4O3S.C13H18BrN5O.C6H15NO/c1-8-2-4-10(5-3-8)23(20,21)22-13-12-11(18-14(16)19-13)6-9(15)7-17-12;1-2-3-4-9(7-20)17-12-11-10(18-13(15)19-12)5-8(14)6-16-11;1-2-3-4-6(7)5-8/h2-7H,1H3,(H2,16,18,19);5-6,9,20H,2-4,7H2,1H3,(H3,15,17,18,19);6,8H,2-5,7H2,1H3/t;9-;/m.1./s1. The zero-order chi connectivity index (χ0) is 37.6. The summed E-state index contributed by atoms with van der Waals surface area (Å²) >= 11 is 6.62. The summed E-state index contributed by atoms with van der Waals surface area (Å²) in [7, 11) is -4.05. The van der Waals surface area contributed by atoms with Crippen molar-refractivity contribution < 1.29 is 22.8 Å². The number of halogens is 2. The quantitative estimate of drug-likeness (QED) is 0.0825. The van der Waals surface area contributed by atoms with Crippen LogP contribution in [0.3, 0.4) is 0 Å². The Labute approximate surface area is 314 Å². The van der Waals surface area contributed by atoms with E-state index in [-0.39, 0.29) is 53.5 Å². The summed E-state index contributed by atoms with van der Waals surface area (Å²) in [5.41, 5.74) is 19.6. The maximum atomic E-state index is 12.4. The Hall–Kier alpha value is -3.81. The first-order chi connectivity index (χ1) is 24.3. The molecule has 2 atom stereocenters. The van der Waals surface area contributed by atoms with E-state index in [1.54, 1.807) is 24.4 Å². The molecular weight excluding hydrogens is 808 g/mol. The molecule has 5 rings (SSSR count). The predicted molar refractivity (Wildman–Crippen MR) is 206 cm³/mol. The van der Waals surface area contributed by atoms with Crippen molar-refractivity contribution in [3.63, 3.8) is 0 Å². The number of aliphatic hydroxyl groups is 2. The molecule has 0 bridgehead atoms. The first-order valence-electron chi connectivity index (χ1n) is 16.2. The topological polar surface area (TPSA) is 251 Å². The van der Waals surface area contributed by atoms with Crippen molar-refractivity contribution in [2.45, 2.75) is 76.3 Å². The zero-order valence-corrected chi connectivity index (χ0v) is 32.6. The summed E-state index contributed by atoms with van der Waals surface area (Å²) in [6.07, 6.45) is 9.41. The van der Waals surface area contributed by atoms with Gasteiger partial charge in [-0.2, -0.15) is 18.4 Å². The van der Waals surface area contributed by atoms with Gasteiger partial charge >= 0.3 is 10.1 Å². The van der Waals surface area contributed by atoms with Crippen molar-refractivity contribution in [1.29, 1.82) is 0 Å². The van der Waals surface area contributed by atoms with Crippen LogP contribution in [0.4, 0.5) is 17.7 Å². The van der Waals surface area contributed by atoms with Crippen LogP contribution >= 0.6 is 31.9 Å². The lowest BCUT2D eigenvalue weighted by molar-refractivity contribution is 0.258. The van der Waals surface area contributed by atoms with Gasteiger partial charge in [0.15, 0.2) is 11.3 Å². The molecule has 0 saturated carbocycles. The van der Waals surface area contributed by atoms with Crippen LogP contribution in [0.2, 0.25) is 0 Å². The van der Waals surface area contributed by atoms with E-state index < -0.39 is 10.1 Å². The van der Waals surface area contributed by atoms with E-state index in [0.29, 0.717) is 26.8 Å². The number of hydrogen-bond acceptors (Lipinski definition) is 15. The number of fused-ring (bicyclic) bond motifs is 2. The maximum Gasteiger partial charge on any atom is 0.340 e. The number of nitrogens with one attached hydrogen (secondary N) is 1. The van der Waals surface area contributed by atoms with Gasteiger partial charge in [0.25, 0.3) is 5.88 Å². The molecule has 0 saturated heterocycles. The number of aryl methyl sites for hydroxylation is 1. The Kier molecular flexibility index (Phi) is 16.6. The molecule has 0 fully saturated rings. The summed E-state index contributed by atoms with van der Waals surface area (Å²) in [6, 6.07) is 9.71. The fourth-order valence-electron chi connectivity index (χ4n) is 4.42. The number of anilines is 3. The molecule has 15 nitrogen and oxygen atoms in total. The normalized spacial score (nSPS) is 12.3. The Balaban J connectivity index is 0.000000230. The van der Waals surface area contributed by atoms with Crippen molar-refractivity contribution >= 4 is 81.8 Å². The van der Waals surface area contributed by atoms with Crippen LogP contribution < -0.4 is 26.7 Å². The van der Waals surface area contributed by atoms with E-state index in [9.17, 15) is 13.5 Å². The number of nitrogens with zero attached hydrogens (tertiary/aromatic N) is 6. The minimum atomic E-state index is -4.05. The van der Waals surface area contributed by atoms with Crippen LogP contribution in [0.1, 0.15) is 57.9 Å². The van der Waals surface area contributed by atoms with E-state index in [2.05, 4.69) is 80.9 Å². The maximum absolute atomic E-state index is 12.4. The molecular formula is C33H44Br2N10O5S. The number of nitrogens with two attached hydrogens (primary N) is 3. The lowest BCUT2D eigenvalue weighted by Gasteiger charge is -2.17. The molecule has 4 aromatic heterocycles. The fourth-order valence-corrected chi connectivity index (χ4v) is 5.95. The molecule has 5 aromatic rings. The molecule has 18 heteroatoms. The van der Waals surface area contributed by atoms with E-state index in [1.807, 2.05) is 13.0 Å². The summed E-state index contributed by atoms with van der Waals surface area (Å²) < 4.78 is 31.4. The molecule has 1 aromatic carbocycles. The molecule has 0 aliphatic heterocycles. The lowest BCUT2D eigenvalue weighted by Crippen LogP contribution is -2.24. The third kappa shape index (κ3) is 13.0. The van der Waals surface area contributed by atoms with Crippen LogP contribution in [-0.4, -0.2) is 73.8 Å². The van der Waals surface area contributed by atoms with Crippen LogP contribution in [0.15, 0.2) is 62.6 Å². The largest absolute Gasteiger partial charge is 0.395 e. The van der Waals surface area contributed by atoms with Crippen LogP contribution in [0.25, 0.3) is 22.1 Å². The summed E-state index contributed by atoms with van der Waals surface area (Å²) in [5.74, 6) is 0.439. The van der Waals surface area contributed by atoms with Crippen molar-refractivity contribution in [1.82, 2.24) is 29.9 Å². The van der Waals surface area contributed by atoms with Crippen LogP contribution in [0.5, 0.6) is 5.88 Å². The average molecular weight is 853 g/mol. The highest BCUT2D eigenvalue weighted by Gasteiger charge is 2.21. The third-order valence-corrected chi connectivity index (χ3v) is 9.23. The number of pyridine rings is 2. The van der Waals surface area contributed by atoms with E-state index in [0.717, 1.165) is 48.6 Å². The second-order valence-corrected chi connectivity index (χ2v) is 14.8. The molecule has 51 heavy (non-hydrogen) atoms. The number of unbranched alkanes of at least 4 members (excludes halogenated alkanes) is 2. The molecule has 0 aliphatic rings. The van der Waals surface area contributed by atoms with Gasteiger partial charge in [-0.05, 0) is 75.9 Å². The molecule has 0 spiro atoms. The smallest absolute Gasteiger partial charge is 0.340 e.